The second-order valence-electron chi connectivity index (χ2n) is 17.1. The van der Waals surface area contributed by atoms with Gasteiger partial charge < -0.3 is 24.3 Å². The topological polar surface area (TPSA) is 139 Å². The molecule has 1 saturated heterocycles. The van der Waals surface area contributed by atoms with Crippen LogP contribution in [0.5, 0.6) is 17.2 Å². The van der Waals surface area contributed by atoms with E-state index in [-0.39, 0.29) is 34.8 Å². The number of hydrogen-bond donors (Lipinski definition) is 2. The molecule has 2 aliphatic heterocycles. The van der Waals surface area contributed by atoms with E-state index in [9.17, 15) is 15.0 Å². The van der Waals surface area contributed by atoms with Gasteiger partial charge in [-0.05, 0) is 154 Å². The molecule has 4 aromatic carbocycles. The van der Waals surface area contributed by atoms with Crippen LogP contribution in [0.2, 0.25) is 0 Å². The summed E-state index contributed by atoms with van der Waals surface area (Å²) in [5, 5.41) is 31.0. The zero-order chi connectivity index (χ0) is 43.0. The number of nitrogens with zero attached hydrogens (tertiary/aromatic N) is 6. The number of aliphatic imine (C=N–C) groups is 1. The number of rotatable bonds is 9. The first-order chi connectivity index (χ1) is 30.6. The third-order valence-electron chi connectivity index (χ3n) is 13.2. The van der Waals surface area contributed by atoms with Crippen LogP contribution in [0.25, 0.3) is 25.5 Å². The Morgan fingerprint density at radius 2 is 1.60 bits per heavy atom. The fourth-order valence-electron chi connectivity index (χ4n) is 9.66. The number of phenols is 2. The molecule has 0 amide bonds. The van der Waals surface area contributed by atoms with Gasteiger partial charge in [-0.15, -0.1) is 32.9 Å². The number of oxazole rings is 1. The van der Waals surface area contributed by atoms with Crippen LogP contribution in [0.3, 0.4) is 0 Å². The first kappa shape index (κ1) is 39.3. The van der Waals surface area contributed by atoms with Crippen molar-refractivity contribution < 1.29 is 24.2 Å². The van der Waals surface area contributed by atoms with Crippen molar-refractivity contribution in [3.63, 3.8) is 0 Å². The zero-order valence-electron chi connectivity index (χ0n) is 35.0. The minimum atomic E-state index is -0.321. The van der Waals surface area contributed by atoms with Gasteiger partial charge in [0.15, 0.2) is 17.5 Å². The van der Waals surface area contributed by atoms with E-state index in [0.717, 1.165) is 104 Å². The van der Waals surface area contributed by atoms with Gasteiger partial charge in [-0.25, -0.2) is 4.98 Å². The number of aryl methyl sites for hydroxylation is 2. The normalized spacial score (nSPS) is 17.0. The summed E-state index contributed by atoms with van der Waals surface area (Å²) in [6.45, 7) is 8.22. The predicted octanol–water partition coefficient (Wildman–Crippen LogP) is 10.7. The number of ketones is 1. The Morgan fingerprint density at radius 3 is 2.33 bits per heavy atom. The van der Waals surface area contributed by atoms with Crippen LogP contribution in [0.15, 0.2) is 113 Å². The Morgan fingerprint density at radius 1 is 0.873 bits per heavy atom. The number of piperidine rings is 1. The van der Waals surface area contributed by atoms with Crippen LogP contribution in [0, 0.1) is 26.2 Å². The van der Waals surface area contributed by atoms with Gasteiger partial charge in [-0.3, -0.25) is 14.4 Å². The number of fused-ring (bicyclic) bond motifs is 4. The summed E-state index contributed by atoms with van der Waals surface area (Å²) in [4.78, 5) is 28.4. The number of phenolic OH excluding ortho intramolecular Hbond substituents is 2. The molecule has 1 spiro atoms. The van der Waals surface area contributed by atoms with Gasteiger partial charge in [0, 0.05) is 60.9 Å². The number of carbonyl (C=O) groups is 1. The quantitative estimate of drug-likeness (QED) is 0.136. The van der Waals surface area contributed by atoms with Gasteiger partial charge in [0.05, 0.1) is 24.4 Å². The van der Waals surface area contributed by atoms with Crippen LogP contribution in [0.1, 0.15) is 86.8 Å². The van der Waals surface area contributed by atoms with E-state index in [2.05, 4.69) is 74.9 Å². The van der Waals surface area contributed by atoms with Crippen LogP contribution >= 0.6 is 22.7 Å². The fourth-order valence-corrected chi connectivity index (χ4v) is 12.1. The molecule has 316 valence electrons. The monoisotopic (exact) mass is 872 g/mol. The lowest BCUT2D eigenvalue weighted by Gasteiger charge is -2.52. The molecular weight excluding hydrogens is 829 g/mol. The van der Waals surface area contributed by atoms with Gasteiger partial charge in [0.25, 0.3) is 0 Å². The zero-order valence-corrected chi connectivity index (χ0v) is 36.7. The lowest BCUT2D eigenvalue weighted by Crippen LogP contribution is -2.51. The lowest BCUT2D eigenvalue weighted by molar-refractivity contribution is -0.0310. The van der Waals surface area contributed by atoms with Crippen LogP contribution in [-0.4, -0.2) is 60.6 Å². The number of anilines is 1. The number of aromatic hydroxyl groups is 2. The summed E-state index contributed by atoms with van der Waals surface area (Å²) in [6, 6.07) is 28.1. The van der Waals surface area contributed by atoms with Crippen molar-refractivity contribution in [3.8, 4) is 32.7 Å². The molecule has 11 rings (SSSR count). The van der Waals surface area contributed by atoms with Crippen molar-refractivity contribution in [2.24, 2.45) is 10.4 Å². The minimum Gasteiger partial charge on any atom is -0.508 e. The van der Waals surface area contributed by atoms with Crippen molar-refractivity contribution in [1.29, 1.82) is 0 Å². The highest BCUT2D eigenvalue weighted by Gasteiger charge is 2.47. The molecule has 8 aromatic rings. The van der Waals surface area contributed by atoms with Crippen LogP contribution in [-0.2, 0) is 6.42 Å². The smallest absolute Gasteiger partial charge is 0.196 e. The molecule has 2 fully saturated rings. The predicted molar refractivity (Wildman–Crippen MR) is 246 cm³/mol. The molecular formula is C50H44N6O5S2. The summed E-state index contributed by atoms with van der Waals surface area (Å²) in [6.07, 6.45) is 8.18. The molecule has 1 atom stereocenters. The maximum Gasteiger partial charge on any atom is 0.196 e. The Kier molecular flexibility index (Phi) is 9.57. The number of benzene rings is 4. The highest BCUT2D eigenvalue weighted by atomic mass is 32.1. The fraction of sp³-hybridized carbons (Fsp3) is 0.260. The van der Waals surface area contributed by atoms with Crippen LogP contribution in [0.4, 0.5) is 5.69 Å². The highest BCUT2D eigenvalue weighted by Crippen LogP contribution is 2.51. The Labute approximate surface area is 372 Å². The third-order valence-corrected chi connectivity index (χ3v) is 15.6. The standard InChI is InChI=1S/C50H44N6O5S2/c1-28-29(2)62-49-43(28)45(52-40(25-42-51-20-23-60-42)48-54-53-30(3)56(48)49)31-8-15-37(16-9-31)61-38-26-50(27-38)18-21-55(22-19-50)34-10-4-32(5-11-34)46(59)44-39-17-14-36(58)24-41(39)63-47(44)33-6-12-35(57)13-7-33/h4-17,20,23-24,38,40,57-58H,18-19,21-22,25-27H2,1-3H3. The molecule has 2 N–H and O–H groups in total. The van der Waals surface area contributed by atoms with Crippen molar-refractivity contribution in [2.75, 3.05) is 18.0 Å². The Balaban J connectivity index is 0.748. The molecule has 6 heterocycles. The van der Waals surface area contributed by atoms with E-state index in [1.165, 1.54) is 21.8 Å². The molecule has 1 saturated carbocycles. The molecule has 3 aliphatic rings. The van der Waals surface area contributed by atoms with E-state index < -0.39 is 0 Å². The van der Waals surface area contributed by atoms with E-state index in [1.54, 1.807) is 48.1 Å². The third kappa shape index (κ3) is 6.99. The summed E-state index contributed by atoms with van der Waals surface area (Å²) in [7, 11) is 0. The summed E-state index contributed by atoms with van der Waals surface area (Å²) >= 11 is 3.21. The Hall–Kier alpha value is -6.57. The number of ether oxygens (including phenoxy) is 1. The number of carbonyl (C=O) groups excluding carboxylic acids is 1. The highest BCUT2D eigenvalue weighted by molar-refractivity contribution is 7.22. The van der Waals surface area contributed by atoms with Gasteiger partial charge >= 0.3 is 0 Å². The summed E-state index contributed by atoms with van der Waals surface area (Å²) in [5.74, 6) is 3.34. The molecule has 1 aliphatic carbocycles. The van der Waals surface area contributed by atoms with Gasteiger partial charge in [-0.1, -0.05) is 0 Å². The Bertz CT molecular complexity index is 3040. The second-order valence-corrected chi connectivity index (χ2v) is 19.4. The molecule has 4 aromatic heterocycles. The van der Waals surface area contributed by atoms with Crippen molar-refractivity contribution in [1.82, 2.24) is 19.7 Å². The van der Waals surface area contributed by atoms with Gasteiger partial charge in [-0.2, -0.15) is 0 Å². The maximum absolute atomic E-state index is 14.2. The van der Waals surface area contributed by atoms with Crippen molar-refractivity contribution in [3.05, 3.63) is 154 Å². The first-order valence-electron chi connectivity index (χ1n) is 21.3. The number of thiophene rings is 2. The van der Waals surface area contributed by atoms with E-state index in [4.69, 9.17) is 14.1 Å². The maximum atomic E-state index is 14.2. The summed E-state index contributed by atoms with van der Waals surface area (Å²) < 4.78 is 15.2. The number of aromatic nitrogens is 4. The minimum absolute atomic E-state index is 0.0666. The summed E-state index contributed by atoms with van der Waals surface area (Å²) in [5.41, 5.74) is 7.73. The van der Waals surface area contributed by atoms with Gasteiger partial charge in [0.1, 0.15) is 40.4 Å². The van der Waals surface area contributed by atoms with E-state index in [1.807, 2.05) is 37.3 Å². The molecule has 0 radical (unpaired) electrons. The van der Waals surface area contributed by atoms with E-state index >= 15 is 0 Å². The van der Waals surface area contributed by atoms with E-state index in [0.29, 0.717) is 23.4 Å². The largest absolute Gasteiger partial charge is 0.508 e. The second kappa shape index (κ2) is 15.4. The average molecular weight is 873 g/mol. The molecule has 11 nitrogen and oxygen atoms in total. The molecule has 13 heteroatoms. The lowest BCUT2D eigenvalue weighted by atomic mass is 9.61. The molecule has 0 bridgehead atoms. The van der Waals surface area contributed by atoms with Crippen LogP contribution < -0.4 is 9.64 Å². The molecule has 1 unspecified atom stereocenters. The average Bonchev–Trinajstić information content (AvgIpc) is 4.07. The number of hydrogen-bond acceptors (Lipinski definition) is 12. The van der Waals surface area contributed by atoms with Crippen molar-refractivity contribution in [2.45, 2.75) is 65.0 Å². The van der Waals surface area contributed by atoms with Gasteiger partial charge in [0.2, 0.25) is 0 Å². The first-order valence-corrected chi connectivity index (χ1v) is 22.9. The van der Waals surface area contributed by atoms with Crippen molar-refractivity contribution >= 4 is 49.9 Å². The molecule has 63 heavy (non-hydrogen) atoms. The SMILES string of the molecule is Cc1sc2c(c1C)C(c1ccc(OC3CC4(CCN(c5ccc(C(=O)c6c(-c7ccc(O)cc7)sc7cc(O)ccc67)cc5)CC4)C3)cc1)=NC(Cc1ncco1)c1nnc(C)n1-2.